The van der Waals surface area contributed by atoms with Crippen molar-refractivity contribution in [1.29, 1.82) is 0 Å². The molecule has 7 nitrogen and oxygen atoms in total. The predicted molar refractivity (Wildman–Crippen MR) is 68.0 cm³/mol. The van der Waals surface area contributed by atoms with Crippen molar-refractivity contribution in [3.05, 3.63) is 27.9 Å². The largest absolute Gasteiger partial charge is 0.469 e. The smallest absolute Gasteiger partial charge is 0.314 e. The minimum absolute atomic E-state index is 0.00742. The number of esters is 1. The number of rotatable bonds is 3. The summed E-state index contributed by atoms with van der Waals surface area (Å²) in [4.78, 5) is 28.0. The topological polar surface area (TPSA) is 85.6 Å². The first kappa shape index (κ1) is 13.3. The molecule has 0 aliphatic carbocycles. The molecule has 2 heterocycles. The number of hydrogen-bond donors (Lipinski definition) is 0. The number of anilines is 1. The van der Waals surface area contributed by atoms with Gasteiger partial charge in [0.2, 0.25) is 5.82 Å². The van der Waals surface area contributed by atoms with E-state index in [9.17, 15) is 14.9 Å². The summed E-state index contributed by atoms with van der Waals surface area (Å²) in [6.07, 6.45) is 2.17. The zero-order valence-electron chi connectivity index (χ0n) is 10.8. The second-order valence-electron chi connectivity index (χ2n) is 4.51. The van der Waals surface area contributed by atoms with Crippen molar-refractivity contribution in [2.45, 2.75) is 13.3 Å². The molecular weight excluding hydrogens is 250 g/mol. The number of carbonyl (C=O) groups is 1. The molecule has 0 amide bonds. The van der Waals surface area contributed by atoms with Crippen LogP contribution in [0, 0.1) is 23.0 Å². The molecule has 0 bridgehead atoms. The summed E-state index contributed by atoms with van der Waals surface area (Å²) in [5.74, 6) is -0.193. The summed E-state index contributed by atoms with van der Waals surface area (Å²) in [5.41, 5.74) is 0.574. The lowest BCUT2D eigenvalue weighted by Crippen LogP contribution is -2.25. The van der Waals surface area contributed by atoms with E-state index in [-0.39, 0.29) is 17.6 Å². The van der Waals surface area contributed by atoms with E-state index in [1.807, 2.05) is 0 Å². The predicted octanol–water partition coefficient (Wildman–Crippen LogP) is 1.30. The van der Waals surface area contributed by atoms with Gasteiger partial charge < -0.3 is 9.64 Å². The van der Waals surface area contributed by atoms with E-state index in [0.717, 1.165) is 0 Å². The summed E-state index contributed by atoms with van der Waals surface area (Å²) in [6, 6.07) is 1.61. The summed E-state index contributed by atoms with van der Waals surface area (Å²) >= 11 is 0. The van der Waals surface area contributed by atoms with Crippen molar-refractivity contribution >= 4 is 17.5 Å². The number of hydrogen-bond acceptors (Lipinski definition) is 6. The van der Waals surface area contributed by atoms with E-state index in [1.54, 1.807) is 24.1 Å². The molecule has 1 unspecified atom stereocenters. The van der Waals surface area contributed by atoms with Crippen molar-refractivity contribution in [1.82, 2.24) is 4.98 Å². The molecule has 2 rings (SSSR count). The number of nitro groups is 1. The summed E-state index contributed by atoms with van der Waals surface area (Å²) in [5, 5.41) is 11.1. The van der Waals surface area contributed by atoms with Crippen molar-refractivity contribution in [3.63, 3.8) is 0 Å². The highest BCUT2D eigenvalue weighted by Crippen LogP contribution is 2.32. The number of nitrogens with zero attached hydrogens (tertiary/aromatic N) is 3. The van der Waals surface area contributed by atoms with Gasteiger partial charge in [-0.1, -0.05) is 0 Å². The van der Waals surface area contributed by atoms with Gasteiger partial charge in [-0.3, -0.25) is 14.9 Å². The van der Waals surface area contributed by atoms with Crippen molar-refractivity contribution in [2.24, 2.45) is 5.92 Å². The molecule has 1 saturated heterocycles. The highest BCUT2D eigenvalue weighted by molar-refractivity contribution is 5.74. The number of ether oxygens (including phenoxy) is 1. The summed E-state index contributed by atoms with van der Waals surface area (Å²) in [7, 11) is 1.35. The third-order valence-electron chi connectivity index (χ3n) is 3.31. The third-order valence-corrected chi connectivity index (χ3v) is 3.31. The van der Waals surface area contributed by atoms with E-state index in [0.29, 0.717) is 30.9 Å². The molecule has 0 N–H and O–H groups in total. The van der Waals surface area contributed by atoms with Gasteiger partial charge in [0, 0.05) is 24.8 Å². The maximum absolute atomic E-state index is 11.5. The molecule has 7 heteroatoms. The second kappa shape index (κ2) is 5.21. The lowest BCUT2D eigenvalue weighted by atomic mass is 10.1. The van der Waals surface area contributed by atoms with E-state index in [1.165, 1.54) is 7.11 Å². The average Bonchev–Trinajstić information content (AvgIpc) is 2.86. The van der Waals surface area contributed by atoms with Crippen LogP contribution in [0.15, 0.2) is 12.3 Å². The van der Waals surface area contributed by atoms with Crippen LogP contribution in [0.1, 0.15) is 12.0 Å². The lowest BCUT2D eigenvalue weighted by Gasteiger charge is -2.17. The normalized spacial score (nSPS) is 18.4. The molecule has 1 fully saturated rings. The number of methoxy groups -OCH3 is 1. The minimum atomic E-state index is -0.427. The van der Waals surface area contributed by atoms with Crippen molar-refractivity contribution in [3.8, 4) is 0 Å². The summed E-state index contributed by atoms with van der Waals surface area (Å²) < 4.78 is 4.70. The van der Waals surface area contributed by atoms with Gasteiger partial charge in [-0.05, 0) is 19.4 Å². The zero-order valence-corrected chi connectivity index (χ0v) is 10.8. The van der Waals surface area contributed by atoms with Gasteiger partial charge in [-0.2, -0.15) is 0 Å². The Morgan fingerprint density at radius 3 is 3.00 bits per heavy atom. The van der Waals surface area contributed by atoms with Crippen LogP contribution in [0.2, 0.25) is 0 Å². The molecule has 102 valence electrons. The van der Waals surface area contributed by atoms with Crippen LogP contribution >= 0.6 is 0 Å². The highest BCUT2D eigenvalue weighted by Gasteiger charge is 2.33. The van der Waals surface area contributed by atoms with Crippen LogP contribution in [0.4, 0.5) is 11.5 Å². The molecule has 0 aromatic carbocycles. The van der Waals surface area contributed by atoms with Crippen LogP contribution in [0.5, 0.6) is 0 Å². The first-order valence-corrected chi connectivity index (χ1v) is 5.97. The zero-order chi connectivity index (χ0) is 14.0. The fraction of sp³-hybridized carbons (Fsp3) is 0.500. The van der Waals surface area contributed by atoms with Gasteiger partial charge in [-0.25, -0.2) is 4.98 Å². The fourth-order valence-corrected chi connectivity index (χ4v) is 2.30. The number of aromatic nitrogens is 1. The monoisotopic (exact) mass is 265 g/mol. The maximum Gasteiger partial charge on any atom is 0.314 e. The molecule has 1 aliphatic heterocycles. The molecule has 19 heavy (non-hydrogen) atoms. The van der Waals surface area contributed by atoms with Gasteiger partial charge in [0.25, 0.3) is 0 Å². The molecule has 1 aromatic heterocycles. The Morgan fingerprint density at radius 1 is 1.63 bits per heavy atom. The molecule has 0 spiro atoms. The summed E-state index contributed by atoms with van der Waals surface area (Å²) in [6.45, 7) is 2.65. The van der Waals surface area contributed by atoms with Gasteiger partial charge in [-0.15, -0.1) is 0 Å². The van der Waals surface area contributed by atoms with Gasteiger partial charge in [0.05, 0.1) is 18.0 Å². The Hall–Kier alpha value is -2.18. The third kappa shape index (κ3) is 2.49. The average molecular weight is 265 g/mol. The molecule has 0 saturated carbocycles. The molecule has 1 aromatic rings. The second-order valence-corrected chi connectivity index (χ2v) is 4.51. The quantitative estimate of drug-likeness (QED) is 0.465. The number of aryl methyl sites for hydroxylation is 1. The molecule has 0 radical (unpaired) electrons. The SMILES string of the molecule is COC(=O)C1CCN(c2nccc(C)c2[N+](=O)[O-])C1. The molecule has 1 atom stereocenters. The van der Waals surface area contributed by atoms with Gasteiger partial charge >= 0.3 is 11.7 Å². The van der Waals surface area contributed by atoms with Crippen molar-refractivity contribution < 1.29 is 14.5 Å². The molecule has 1 aliphatic rings. The number of carbonyl (C=O) groups excluding carboxylic acids is 1. The van der Waals surface area contributed by atoms with Gasteiger partial charge in [0.1, 0.15) is 0 Å². The van der Waals surface area contributed by atoms with E-state index in [4.69, 9.17) is 4.74 Å². The first-order valence-electron chi connectivity index (χ1n) is 5.97. The van der Waals surface area contributed by atoms with E-state index in [2.05, 4.69) is 4.98 Å². The highest BCUT2D eigenvalue weighted by atomic mass is 16.6. The standard InChI is InChI=1S/C12H15N3O4/c1-8-3-5-13-11(10(8)15(17)18)14-6-4-9(7-14)12(16)19-2/h3,5,9H,4,6-7H2,1-2H3. The Kier molecular flexibility index (Phi) is 3.64. The van der Waals surface area contributed by atoms with Crippen LogP contribution in [0.3, 0.4) is 0 Å². The van der Waals surface area contributed by atoms with Crippen molar-refractivity contribution in [2.75, 3.05) is 25.1 Å². The minimum Gasteiger partial charge on any atom is -0.469 e. The lowest BCUT2D eigenvalue weighted by molar-refractivity contribution is -0.384. The van der Waals surface area contributed by atoms with Crippen LogP contribution in [-0.2, 0) is 9.53 Å². The Balaban J connectivity index is 2.27. The first-order chi connectivity index (χ1) is 9.04. The van der Waals surface area contributed by atoms with Crippen LogP contribution in [0.25, 0.3) is 0 Å². The maximum atomic E-state index is 11.5. The van der Waals surface area contributed by atoms with Crippen LogP contribution < -0.4 is 4.90 Å². The Bertz CT molecular complexity index is 518. The van der Waals surface area contributed by atoms with E-state index < -0.39 is 4.92 Å². The Morgan fingerprint density at radius 2 is 2.37 bits per heavy atom. The van der Waals surface area contributed by atoms with E-state index >= 15 is 0 Å². The number of pyridine rings is 1. The fourth-order valence-electron chi connectivity index (χ4n) is 2.30. The van der Waals surface area contributed by atoms with Gasteiger partial charge in [0.15, 0.2) is 0 Å². The Labute approximate surface area is 110 Å². The van der Waals surface area contributed by atoms with Crippen LogP contribution in [-0.4, -0.2) is 36.1 Å². The molecular formula is C12H15N3O4.